The molecule has 0 saturated heterocycles. The molecule has 0 aromatic rings. The zero-order chi connectivity index (χ0) is 7.44. The minimum Gasteiger partial charge on any atom is -0.215 e. The molecule has 0 rings (SSSR count). The van der Waals surface area contributed by atoms with E-state index in [1.165, 1.54) is 0 Å². The van der Waals surface area contributed by atoms with E-state index in [1.54, 1.807) is 13.8 Å². The van der Waals surface area contributed by atoms with Crippen LogP contribution in [0.5, 0.6) is 0 Å². The first-order valence-corrected chi connectivity index (χ1v) is 2.71. The molecule has 0 aliphatic rings. The smallest absolute Gasteiger partial charge is 0.0944 e. The minimum absolute atomic E-state index is 0.509. The molecule has 0 spiro atoms. The van der Waals surface area contributed by atoms with Gasteiger partial charge >= 0.3 is 0 Å². The van der Waals surface area contributed by atoms with Crippen LogP contribution in [0.15, 0.2) is 36.2 Å². The van der Waals surface area contributed by atoms with E-state index in [1.807, 2.05) is 0 Å². The topological polar surface area (TPSA) is 0 Å². The highest BCUT2D eigenvalue weighted by molar-refractivity contribution is 5.40. The number of rotatable bonds is 2. The van der Waals surface area contributed by atoms with Crippen LogP contribution in [0, 0.1) is 0 Å². The number of halogens is 1. The molecule has 0 nitrogen and oxygen atoms in total. The Bertz CT molecular complexity index is 147. The zero-order valence-electron chi connectivity index (χ0n) is 5.87. The third-order valence-electron chi connectivity index (χ3n) is 1.03. The second kappa shape index (κ2) is 3.23. The molecule has 50 valence electrons. The first-order chi connectivity index (χ1) is 4.09. The molecule has 0 aliphatic heterocycles. The summed E-state index contributed by atoms with van der Waals surface area (Å²) in [5.74, 6) is 0. The predicted molar refractivity (Wildman–Crippen MR) is 38.8 cm³/mol. The molecule has 0 N–H and O–H groups in total. The summed E-state index contributed by atoms with van der Waals surface area (Å²) in [4.78, 5) is 0. The first kappa shape index (κ1) is 8.15. The van der Waals surface area contributed by atoms with E-state index in [-0.39, 0.29) is 0 Å². The summed E-state index contributed by atoms with van der Waals surface area (Å²) < 4.78 is 11.9. The molecule has 0 atom stereocenters. The van der Waals surface area contributed by atoms with Gasteiger partial charge in [-0.25, -0.2) is 4.39 Å². The molecule has 0 unspecified atom stereocenters. The van der Waals surface area contributed by atoms with Crippen molar-refractivity contribution < 1.29 is 4.39 Å². The molecular weight excluding hydrogens is 115 g/mol. The van der Waals surface area contributed by atoms with Crippen LogP contribution in [-0.4, -0.2) is 0 Å². The molecule has 9 heavy (non-hydrogen) atoms. The van der Waals surface area contributed by atoms with E-state index < -0.39 is 0 Å². The highest BCUT2D eigenvalue weighted by Crippen LogP contribution is 2.14. The van der Waals surface area contributed by atoms with Crippen molar-refractivity contribution in [2.75, 3.05) is 0 Å². The van der Waals surface area contributed by atoms with Gasteiger partial charge in [0.15, 0.2) is 0 Å². The van der Waals surface area contributed by atoms with Crippen molar-refractivity contribution in [1.82, 2.24) is 0 Å². The van der Waals surface area contributed by atoms with E-state index >= 15 is 0 Å². The highest BCUT2D eigenvalue weighted by atomic mass is 19.1. The van der Waals surface area contributed by atoms with Gasteiger partial charge < -0.3 is 0 Å². The Morgan fingerprint density at radius 1 is 1.22 bits per heavy atom. The van der Waals surface area contributed by atoms with Crippen LogP contribution in [0.3, 0.4) is 0 Å². The van der Waals surface area contributed by atoms with Crippen LogP contribution in [0.2, 0.25) is 0 Å². The lowest BCUT2D eigenvalue weighted by Gasteiger charge is -2.00. The first-order valence-electron chi connectivity index (χ1n) is 2.71. The zero-order valence-corrected chi connectivity index (χ0v) is 5.87. The lowest BCUT2D eigenvalue weighted by molar-refractivity contribution is 0.713. The molecule has 0 heterocycles. The van der Waals surface area contributed by atoms with Crippen molar-refractivity contribution in [3.63, 3.8) is 0 Å². The molecule has 0 saturated carbocycles. The maximum Gasteiger partial charge on any atom is 0.0944 e. The van der Waals surface area contributed by atoms with Crippen molar-refractivity contribution in [1.29, 1.82) is 0 Å². The quantitative estimate of drug-likeness (QED) is 0.499. The molecular formula is C8H11F. The summed E-state index contributed by atoms with van der Waals surface area (Å²) in [6, 6.07) is 0. The van der Waals surface area contributed by atoms with E-state index in [9.17, 15) is 4.39 Å². The second-order valence-corrected chi connectivity index (χ2v) is 2.08. The van der Waals surface area contributed by atoms with Crippen LogP contribution in [0.4, 0.5) is 4.39 Å². The molecule has 0 aromatic carbocycles. The molecule has 0 aromatic heterocycles. The number of allylic oxidation sites excluding steroid dienone is 3. The Morgan fingerprint density at radius 3 is 1.56 bits per heavy atom. The monoisotopic (exact) mass is 126 g/mol. The van der Waals surface area contributed by atoms with Crippen molar-refractivity contribution in [2.45, 2.75) is 13.8 Å². The number of hydrogen-bond donors (Lipinski definition) is 0. The maximum absolute atomic E-state index is 11.9. The van der Waals surface area contributed by atoms with Gasteiger partial charge in [0.1, 0.15) is 0 Å². The molecule has 0 aliphatic carbocycles. The fraction of sp³-hybridized carbons (Fsp3) is 0.250. The third kappa shape index (κ3) is 2.27. The summed E-state index contributed by atoms with van der Waals surface area (Å²) in [6.45, 7) is 10.7. The lowest BCUT2D eigenvalue weighted by Crippen LogP contribution is -1.82. The van der Waals surface area contributed by atoms with E-state index in [2.05, 4.69) is 13.2 Å². The Balaban J connectivity index is 4.38. The second-order valence-electron chi connectivity index (χ2n) is 2.08. The van der Waals surface area contributed by atoms with Crippen molar-refractivity contribution >= 4 is 0 Å². The van der Waals surface area contributed by atoms with Crippen LogP contribution in [0.25, 0.3) is 0 Å². The summed E-state index contributed by atoms with van der Waals surface area (Å²) >= 11 is 0. The van der Waals surface area contributed by atoms with E-state index in [0.29, 0.717) is 23.0 Å². The fourth-order valence-electron chi connectivity index (χ4n) is 0.551. The van der Waals surface area contributed by atoms with Gasteiger partial charge in [0.25, 0.3) is 0 Å². The van der Waals surface area contributed by atoms with Crippen molar-refractivity contribution in [3.05, 3.63) is 36.2 Å². The summed E-state index contributed by atoms with van der Waals surface area (Å²) in [6.07, 6.45) is 0.532. The van der Waals surface area contributed by atoms with Crippen molar-refractivity contribution in [3.8, 4) is 0 Å². The molecule has 1 heteroatoms. The average molecular weight is 126 g/mol. The van der Waals surface area contributed by atoms with Crippen LogP contribution in [0.1, 0.15) is 13.8 Å². The molecule has 0 bridgehead atoms. The highest BCUT2D eigenvalue weighted by Gasteiger charge is 1.96. The number of hydrogen-bond acceptors (Lipinski definition) is 0. The van der Waals surface area contributed by atoms with Crippen LogP contribution < -0.4 is 0 Å². The standard InChI is InChI=1S/C8H11F/c1-6(2)8(5-9)7(3)4/h5H,1,3H2,2,4H3. The Labute approximate surface area is 55.4 Å². The molecule has 0 fully saturated rings. The van der Waals surface area contributed by atoms with Crippen molar-refractivity contribution in [2.24, 2.45) is 0 Å². The molecule has 0 radical (unpaired) electrons. The SMILES string of the molecule is C=C(C)C(=CF)C(=C)C. The summed E-state index contributed by atoms with van der Waals surface area (Å²) in [5.41, 5.74) is 1.94. The van der Waals surface area contributed by atoms with Gasteiger partial charge in [-0.1, -0.05) is 13.2 Å². The average Bonchev–Trinajstić information content (AvgIpc) is 1.64. The largest absolute Gasteiger partial charge is 0.215 e. The minimum atomic E-state index is 0.509. The van der Waals surface area contributed by atoms with Gasteiger partial charge in [0.05, 0.1) is 6.33 Å². The van der Waals surface area contributed by atoms with Crippen LogP contribution in [-0.2, 0) is 0 Å². The maximum atomic E-state index is 11.9. The Morgan fingerprint density at radius 2 is 1.56 bits per heavy atom. The van der Waals surface area contributed by atoms with Gasteiger partial charge in [-0.05, 0) is 25.0 Å². The van der Waals surface area contributed by atoms with Gasteiger partial charge in [-0.15, -0.1) is 0 Å². The Kier molecular flexibility index (Phi) is 2.93. The molecule has 0 amide bonds. The fourth-order valence-corrected chi connectivity index (χ4v) is 0.551. The Hall–Kier alpha value is -0.850. The van der Waals surface area contributed by atoms with Crippen LogP contribution >= 0.6 is 0 Å². The van der Waals surface area contributed by atoms with Gasteiger partial charge in [0, 0.05) is 5.57 Å². The summed E-state index contributed by atoms with van der Waals surface area (Å²) in [7, 11) is 0. The van der Waals surface area contributed by atoms with Gasteiger partial charge in [-0.3, -0.25) is 0 Å². The van der Waals surface area contributed by atoms with Gasteiger partial charge in [0.2, 0.25) is 0 Å². The van der Waals surface area contributed by atoms with E-state index in [0.717, 1.165) is 0 Å². The predicted octanol–water partition coefficient (Wildman–Crippen LogP) is 2.99. The lowest BCUT2D eigenvalue weighted by atomic mass is 10.1. The van der Waals surface area contributed by atoms with Gasteiger partial charge in [-0.2, -0.15) is 0 Å². The van der Waals surface area contributed by atoms with E-state index in [4.69, 9.17) is 0 Å². The summed E-state index contributed by atoms with van der Waals surface area (Å²) in [5, 5.41) is 0. The third-order valence-corrected chi connectivity index (χ3v) is 1.03. The normalized spacial score (nSPS) is 8.33.